The van der Waals surface area contributed by atoms with E-state index in [2.05, 4.69) is 0 Å². The Morgan fingerprint density at radius 1 is 1.35 bits per heavy atom. The Balaban J connectivity index is 4.96. The Morgan fingerprint density at radius 3 is 2.12 bits per heavy atom. The first kappa shape index (κ1) is 16.0. The number of aliphatic hydroxyl groups is 2. The van der Waals surface area contributed by atoms with Crippen molar-refractivity contribution in [2.45, 2.75) is 31.5 Å². The topological polar surface area (TPSA) is 97.7 Å². The molecule has 0 spiro atoms. The number of carbonyl (C=O) groups is 2. The Morgan fingerprint density at radius 2 is 1.82 bits per heavy atom. The summed E-state index contributed by atoms with van der Waals surface area (Å²) in [7, 11) is 5.20. The molecule has 0 fully saturated rings. The molecule has 0 bridgehead atoms. The Kier molecular flexibility index (Phi) is 5.25. The van der Waals surface area contributed by atoms with Gasteiger partial charge in [0, 0.05) is 18.8 Å². The van der Waals surface area contributed by atoms with Crippen LogP contribution in [-0.2, 0) is 9.59 Å². The van der Waals surface area contributed by atoms with Crippen molar-refractivity contribution in [3.05, 3.63) is 0 Å². The van der Waals surface area contributed by atoms with Gasteiger partial charge in [-0.05, 0) is 6.92 Å². The van der Waals surface area contributed by atoms with Gasteiger partial charge in [-0.3, -0.25) is 4.79 Å². The molecule has 0 aliphatic rings. The summed E-state index contributed by atoms with van der Waals surface area (Å²) in [5, 5.41) is 29.9. The van der Waals surface area contributed by atoms with E-state index in [0.717, 1.165) is 0 Å². The van der Waals surface area contributed by atoms with Gasteiger partial charge in [-0.15, -0.1) is 0 Å². The molecular formula is C11H21NO5. The second-order valence-corrected chi connectivity index (χ2v) is 5.51. The van der Waals surface area contributed by atoms with Gasteiger partial charge in [-0.25, -0.2) is 0 Å². The standard InChI is InChI=1S/C11H21NO5/c1-8(13)5-9(14)11(17,6-10(15)16)7-12(2,3)4/h8,13,17H,5-7H2,1-4H3/t8?,11-/m1/s1. The monoisotopic (exact) mass is 247 g/mol. The van der Waals surface area contributed by atoms with Crippen molar-refractivity contribution in [2.24, 2.45) is 0 Å². The van der Waals surface area contributed by atoms with Crippen molar-refractivity contribution in [3.63, 3.8) is 0 Å². The first-order chi connectivity index (χ1) is 7.46. The van der Waals surface area contributed by atoms with Crippen molar-refractivity contribution in [1.82, 2.24) is 0 Å². The average Bonchev–Trinajstić information content (AvgIpc) is 1.96. The van der Waals surface area contributed by atoms with Crippen LogP contribution in [0.2, 0.25) is 0 Å². The summed E-state index contributed by atoms with van der Waals surface area (Å²) in [5.74, 6) is -2.16. The van der Waals surface area contributed by atoms with Crippen LogP contribution in [0.1, 0.15) is 19.8 Å². The van der Waals surface area contributed by atoms with E-state index in [1.165, 1.54) is 6.92 Å². The molecule has 0 saturated heterocycles. The second kappa shape index (κ2) is 5.57. The molecule has 0 aliphatic carbocycles. The molecule has 2 N–H and O–H groups in total. The summed E-state index contributed by atoms with van der Waals surface area (Å²) in [5.41, 5.74) is -1.99. The predicted octanol–water partition coefficient (Wildman–Crippen LogP) is -2.10. The van der Waals surface area contributed by atoms with Crippen LogP contribution >= 0.6 is 0 Å². The molecule has 100 valence electrons. The lowest BCUT2D eigenvalue weighted by Crippen LogP contribution is -2.56. The van der Waals surface area contributed by atoms with Gasteiger partial charge in [0.05, 0.1) is 27.2 Å². The lowest BCUT2D eigenvalue weighted by molar-refractivity contribution is -0.875. The fourth-order valence-electron chi connectivity index (χ4n) is 1.72. The number of hydrogen-bond donors (Lipinski definition) is 2. The fourth-order valence-corrected chi connectivity index (χ4v) is 1.72. The number of carboxylic acids is 1. The third-order valence-corrected chi connectivity index (χ3v) is 2.17. The van der Waals surface area contributed by atoms with Gasteiger partial charge in [-0.2, -0.15) is 0 Å². The smallest absolute Gasteiger partial charge is 0.177 e. The van der Waals surface area contributed by atoms with Crippen LogP contribution < -0.4 is 5.11 Å². The largest absolute Gasteiger partial charge is 0.550 e. The highest BCUT2D eigenvalue weighted by Gasteiger charge is 2.41. The molecule has 6 nitrogen and oxygen atoms in total. The second-order valence-electron chi connectivity index (χ2n) is 5.51. The summed E-state index contributed by atoms with van der Waals surface area (Å²) in [6.45, 7) is 1.36. The number of nitrogens with zero attached hydrogens (tertiary/aromatic N) is 1. The van der Waals surface area contributed by atoms with Crippen molar-refractivity contribution in [2.75, 3.05) is 27.7 Å². The van der Waals surface area contributed by atoms with Crippen LogP contribution in [0, 0.1) is 0 Å². The maximum absolute atomic E-state index is 11.8. The van der Waals surface area contributed by atoms with E-state index in [1.807, 2.05) is 0 Å². The van der Waals surface area contributed by atoms with Crippen LogP contribution in [0.25, 0.3) is 0 Å². The van der Waals surface area contributed by atoms with Gasteiger partial charge in [0.1, 0.15) is 6.54 Å². The maximum atomic E-state index is 11.8. The first-order valence-electron chi connectivity index (χ1n) is 5.40. The number of ketones is 1. The number of likely N-dealkylation sites (N-methyl/N-ethyl adjacent to an activating group) is 1. The fraction of sp³-hybridized carbons (Fsp3) is 0.818. The number of carbonyl (C=O) groups excluding carboxylic acids is 2. The number of carboxylic acid groups (broad SMARTS) is 1. The van der Waals surface area contributed by atoms with Crippen LogP contribution in [0.15, 0.2) is 0 Å². The number of rotatable bonds is 7. The number of aliphatic hydroxyl groups excluding tert-OH is 1. The van der Waals surface area contributed by atoms with Gasteiger partial charge in [0.25, 0.3) is 0 Å². The van der Waals surface area contributed by atoms with Gasteiger partial charge >= 0.3 is 0 Å². The quantitative estimate of drug-likeness (QED) is 0.502. The van der Waals surface area contributed by atoms with Crippen LogP contribution in [0.4, 0.5) is 0 Å². The molecule has 0 amide bonds. The van der Waals surface area contributed by atoms with Gasteiger partial charge in [-0.1, -0.05) is 0 Å². The number of quaternary nitrogens is 1. The highest BCUT2D eigenvalue weighted by Crippen LogP contribution is 2.18. The van der Waals surface area contributed by atoms with E-state index >= 15 is 0 Å². The highest BCUT2D eigenvalue weighted by molar-refractivity contribution is 5.90. The van der Waals surface area contributed by atoms with E-state index in [-0.39, 0.29) is 17.4 Å². The van der Waals surface area contributed by atoms with Gasteiger partial charge in [0.2, 0.25) is 0 Å². The van der Waals surface area contributed by atoms with E-state index in [0.29, 0.717) is 0 Å². The number of Topliss-reactive ketones (excluding diaryl/α,β-unsaturated/α-hetero) is 1. The Hall–Kier alpha value is -0.980. The molecule has 17 heavy (non-hydrogen) atoms. The minimum absolute atomic E-state index is 0.0491. The molecule has 0 rings (SSSR count). The van der Waals surface area contributed by atoms with Crippen molar-refractivity contribution >= 4 is 11.8 Å². The Labute approximate surface area is 101 Å². The van der Waals surface area contributed by atoms with E-state index in [4.69, 9.17) is 5.11 Å². The first-order valence-corrected chi connectivity index (χ1v) is 5.40. The predicted molar refractivity (Wildman–Crippen MR) is 58.8 cm³/mol. The summed E-state index contributed by atoms with van der Waals surface area (Å²) in [4.78, 5) is 22.4. The molecule has 0 aromatic rings. The molecule has 0 aromatic carbocycles. The minimum Gasteiger partial charge on any atom is -0.550 e. The minimum atomic E-state index is -1.99. The zero-order chi connectivity index (χ0) is 13.9. The number of aliphatic carboxylic acids is 1. The summed E-state index contributed by atoms with van der Waals surface area (Å²) >= 11 is 0. The average molecular weight is 247 g/mol. The summed E-state index contributed by atoms with van der Waals surface area (Å²) < 4.78 is 0.231. The van der Waals surface area contributed by atoms with E-state index < -0.39 is 29.9 Å². The molecule has 0 heterocycles. The number of hydrogen-bond acceptors (Lipinski definition) is 5. The SMILES string of the molecule is CC(O)CC(=O)[C@@](O)(CC(=O)[O-])C[N+](C)(C)C. The van der Waals surface area contributed by atoms with Crippen LogP contribution in [0.5, 0.6) is 0 Å². The van der Waals surface area contributed by atoms with E-state index in [9.17, 15) is 19.8 Å². The van der Waals surface area contributed by atoms with Crippen molar-refractivity contribution < 1.29 is 29.4 Å². The van der Waals surface area contributed by atoms with Crippen molar-refractivity contribution in [1.29, 1.82) is 0 Å². The van der Waals surface area contributed by atoms with Crippen LogP contribution in [0.3, 0.4) is 0 Å². The zero-order valence-electron chi connectivity index (χ0n) is 10.8. The summed E-state index contributed by atoms with van der Waals surface area (Å²) in [6, 6.07) is 0. The summed E-state index contributed by atoms with van der Waals surface area (Å²) in [6.07, 6.45) is -1.94. The Bertz CT molecular complexity index is 295. The third-order valence-electron chi connectivity index (χ3n) is 2.17. The van der Waals surface area contributed by atoms with Gasteiger partial charge < -0.3 is 24.6 Å². The third kappa shape index (κ3) is 6.35. The normalized spacial score (nSPS) is 17.3. The lowest BCUT2D eigenvalue weighted by Gasteiger charge is -2.35. The molecule has 1 unspecified atom stereocenters. The molecule has 6 heteroatoms. The molecule has 2 atom stereocenters. The zero-order valence-corrected chi connectivity index (χ0v) is 10.8. The highest BCUT2D eigenvalue weighted by atomic mass is 16.4. The maximum Gasteiger partial charge on any atom is 0.177 e. The van der Waals surface area contributed by atoms with E-state index in [1.54, 1.807) is 21.1 Å². The molecule has 0 aromatic heterocycles. The molecule has 0 saturated carbocycles. The lowest BCUT2D eigenvalue weighted by atomic mass is 9.90. The van der Waals surface area contributed by atoms with Crippen molar-refractivity contribution in [3.8, 4) is 0 Å². The molecular weight excluding hydrogens is 226 g/mol. The van der Waals surface area contributed by atoms with Gasteiger partial charge in [0.15, 0.2) is 11.4 Å². The van der Waals surface area contributed by atoms with Crippen LogP contribution in [-0.4, -0.2) is 65.8 Å². The molecule has 0 aliphatic heterocycles. The molecule has 0 radical (unpaired) electrons.